The molecule has 0 aliphatic carbocycles. The minimum atomic E-state index is -0.704. The SMILES string of the molecule is CC(=O)OCOC(=O)c1ccc(C(=O)N/N=C/c2ccc(/C(=N/N)NN)cc2)cc1-n1c(C)ccc1C. The Labute approximate surface area is 212 Å². The summed E-state index contributed by atoms with van der Waals surface area (Å²) < 4.78 is 11.6. The molecule has 0 saturated heterocycles. The van der Waals surface area contributed by atoms with Gasteiger partial charge in [-0.2, -0.15) is 10.2 Å². The smallest absolute Gasteiger partial charge is 0.343 e. The number of nitrogens with zero attached hydrogens (tertiary/aromatic N) is 3. The molecular weight excluding hydrogens is 478 g/mol. The number of hydrogen-bond donors (Lipinski definition) is 4. The van der Waals surface area contributed by atoms with Gasteiger partial charge in [-0.05, 0) is 49.7 Å². The zero-order chi connectivity index (χ0) is 26.9. The lowest BCUT2D eigenvalue weighted by atomic mass is 10.1. The molecule has 192 valence electrons. The predicted molar refractivity (Wildman–Crippen MR) is 137 cm³/mol. The summed E-state index contributed by atoms with van der Waals surface area (Å²) in [6, 6.07) is 15.3. The number of rotatable bonds is 8. The highest BCUT2D eigenvalue weighted by molar-refractivity contribution is 6.00. The van der Waals surface area contributed by atoms with Gasteiger partial charge in [0, 0.05) is 29.4 Å². The van der Waals surface area contributed by atoms with Crippen LogP contribution >= 0.6 is 0 Å². The lowest BCUT2D eigenvalue weighted by molar-refractivity contribution is -0.149. The van der Waals surface area contributed by atoms with E-state index in [2.05, 4.69) is 21.1 Å². The van der Waals surface area contributed by atoms with Crippen LogP contribution in [0.2, 0.25) is 0 Å². The lowest BCUT2D eigenvalue weighted by Gasteiger charge is -2.15. The number of ether oxygens (including phenoxy) is 2. The van der Waals surface area contributed by atoms with E-state index < -0.39 is 24.6 Å². The molecule has 2 aromatic carbocycles. The van der Waals surface area contributed by atoms with Crippen LogP contribution in [0.4, 0.5) is 0 Å². The van der Waals surface area contributed by atoms with E-state index >= 15 is 0 Å². The van der Waals surface area contributed by atoms with E-state index in [9.17, 15) is 14.4 Å². The van der Waals surface area contributed by atoms with Crippen LogP contribution in [0.5, 0.6) is 0 Å². The van der Waals surface area contributed by atoms with Gasteiger partial charge in [0.15, 0.2) is 5.84 Å². The second kappa shape index (κ2) is 12.1. The first-order valence-corrected chi connectivity index (χ1v) is 11.0. The minimum absolute atomic E-state index is 0.196. The molecule has 0 atom stereocenters. The third-order valence-corrected chi connectivity index (χ3v) is 5.27. The van der Waals surface area contributed by atoms with E-state index in [1.54, 1.807) is 30.3 Å². The van der Waals surface area contributed by atoms with Gasteiger partial charge < -0.3 is 25.3 Å². The molecule has 3 rings (SSSR count). The zero-order valence-electron chi connectivity index (χ0n) is 20.5. The lowest BCUT2D eigenvalue weighted by Crippen LogP contribution is -2.31. The molecule has 0 saturated carbocycles. The van der Waals surface area contributed by atoms with Crippen LogP contribution in [0, 0.1) is 13.8 Å². The van der Waals surface area contributed by atoms with Crippen molar-refractivity contribution in [1.29, 1.82) is 0 Å². The van der Waals surface area contributed by atoms with Crippen molar-refractivity contribution in [3.8, 4) is 5.69 Å². The summed E-state index contributed by atoms with van der Waals surface area (Å²) in [6.07, 6.45) is 1.47. The maximum Gasteiger partial charge on any atom is 0.343 e. The monoisotopic (exact) mass is 505 g/mol. The molecule has 3 aromatic rings. The molecule has 6 N–H and O–H groups in total. The number of benzene rings is 2. The molecule has 1 heterocycles. The Kier molecular flexibility index (Phi) is 8.73. The summed E-state index contributed by atoms with van der Waals surface area (Å²) in [5, 5.41) is 7.55. The van der Waals surface area contributed by atoms with Crippen molar-refractivity contribution in [2.75, 3.05) is 6.79 Å². The predicted octanol–water partition coefficient (Wildman–Crippen LogP) is 1.62. The molecule has 0 bridgehead atoms. The van der Waals surface area contributed by atoms with Crippen LogP contribution in [-0.4, -0.2) is 41.3 Å². The third-order valence-electron chi connectivity index (χ3n) is 5.27. The van der Waals surface area contributed by atoms with Crippen molar-refractivity contribution in [3.63, 3.8) is 0 Å². The van der Waals surface area contributed by atoms with Crippen molar-refractivity contribution < 1.29 is 23.9 Å². The second-order valence-corrected chi connectivity index (χ2v) is 7.81. The summed E-state index contributed by atoms with van der Waals surface area (Å²) in [7, 11) is 0. The molecule has 1 amide bonds. The molecule has 0 radical (unpaired) electrons. The number of hydrogen-bond acceptors (Lipinski definition) is 9. The molecule has 1 aromatic heterocycles. The third kappa shape index (κ3) is 6.58. The van der Waals surface area contributed by atoms with Gasteiger partial charge in [0.05, 0.1) is 17.5 Å². The summed E-state index contributed by atoms with van der Waals surface area (Å²) in [4.78, 5) is 36.5. The van der Waals surface area contributed by atoms with E-state index in [0.29, 0.717) is 22.6 Å². The summed E-state index contributed by atoms with van der Waals surface area (Å²) in [5.41, 5.74) is 8.85. The Hall–Kier alpha value is -4.97. The first kappa shape index (κ1) is 26.6. The van der Waals surface area contributed by atoms with Crippen LogP contribution in [0.15, 0.2) is 64.8 Å². The van der Waals surface area contributed by atoms with Gasteiger partial charge >= 0.3 is 11.9 Å². The van der Waals surface area contributed by atoms with Gasteiger partial charge in [-0.1, -0.05) is 24.3 Å². The van der Waals surface area contributed by atoms with Crippen molar-refractivity contribution in [2.24, 2.45) is 21.9 Å². The zero-order valence-corrected chi connectivity index (χ0v) is 20.5. The fourth-order valence-corrected chi connectivity index (χ4v) is 3.47. The minimum Gasteiger partial charge on any atom is -0.428 e. The molecule has 12 nitrogen and oxygen atoms in total. The molecule has 0 fully saturated rings. The van der Waals surface area contributed by atoms with E-state index in [1.807, 2.05) is 30.5 Å². The number of nitrogens with one attached hydrogen (secondary N) is 2. The van der Waals surface area contributed by atoms with Crippen molar-refractivity contribution in [1.82, 2.24) is 15.4 Å². The summed E-state index contributed by atoms with van der Waals surface area (Å²) in [5.74, 6) is 9.18. The van der Waals surface area contributed by atoms with Gasteiger partial charge in [0.2, 0.25) is 6.79 Å². The van der Waals surface area contributed by atoms with Gasteiger partial charge in [0.25, 0.3) is 5.91 Å². The van der Waals surface area contributed by atoms with E-state index in [4.69, 9.17) is 21.2 Å². The van der Waals surface area contributed by atoms with Crippen molar-refractivity contribution >= 4 is 29.9 Å². The van der Waals surface area contributed by atoms with Crippen LogP contribution in [0.1, 0.15) is 50.2 Å². The fraction of sp³-hybridized carbons (Fsp3) is 0.160. The highest BCUT2D eigenvalue weighted by Crippen LogP contribution is 2.23. The Balaban J connectivity index is 1.81. The number of aryl methyl sites for hydroxylation is 2. The second-order valence-electron chi connectivity index (χ2n) is 7.81. The van der Waals surface area contributed by atoms with Crippen LogP contribution in [0.3, 0.4) is 0 Å². The highest BCUT2D eigenvalue weighted by atomic mass is 16.7. The number of hydrazone groups is 2. The number of amidine groups is 1. The number of carbonyl (C=O) groups excluding carboxylic acids is 3. The van der Waals surface area contributed by atoms with E-state index in [-0.39, 0.29) is 11.1 Å². The van der Waals surface area contributed by atoms with Crippen LogP contribution in [-0.2, 0) is 14.3 Å². The average molecular weight is 506 g/mol. The maximum absolute atomic E-state index is 12.8. The Morgan fingerprint density at radius 2 is 1.62 bits per heavy atom. The van der Waals surface area contributed by atoms with Crippen LogP contribution < -0.4 is 22.5 Å². The molecule has 0 unspecified atom stereocenters. The molecular formula is C25H27N7O5. The first-order valence-electron chi connectivity index (χ1n) is 11.0. The molecule has 0 spiro atoms. The molecule has 12 heteroatoms. The normalized spacial score (nSPS) is 11.3. The Morgan fingerprint density at radius 1 is 0.973 bits per heavy atom. The van der Waals surface area contributed by atoms with Crippen molar-refractivity contribution in [2.45, 2.75) is 20.8 Å². The maximum atomic E-state index is 12.8. The number of carbonyl (C=O) groups is 3. The fourth-order valence-electron chi connectivity index (χ4n) is 3.47. The summed E-state index contributed by atoms with van der Waals surface area (Å²) >= 11 is 0. The van der Waals surface area contributed by atoms with E-state index in [1.165, 1.54) is 25.3 Å². The van der Waals surface area contributed by atoms with Gasteiger partial charge in [-0.25, -0.2) is 16.1 Å². The molecule has 0 aliphatic rings. The van der Waals surface area contributed by atoms with Crippen molar-refractivity contribution in [3.05, 3.63) is 88.2 Å². The molecule has 37 heavy (non-hydrogen) atoms. The van der Waals surface area contributed by atoms with Gasteiger partial charge in [-0.3, -0.25) is 9.59 Å². The average Bonchev–Trinajstić information content (AvgIpc) is 3.22. The number of amides is 1. The number of nitrogens with two attached hydrogens (primary N) is 2. The van der Waals surface area contributed by atoms with Gasteiger partial charge in [-0.15, -0.1) is 0 Å². The van der Waals surface area contributed by atoms with E-state index in [0.717, 1.165) is 11.4 Å². The number of aromatic nitrogens is 1. The standard InChI is InChI=1S/C25H27N7O5/c1-15-4-5-16(2)32(15)22-12-20(10-11-21(22)25(35)37-14-36-17(3)33)24(34)31-28-13-18-6-8-19(9-7-18)23(29-26)30-27/h4-13H,14,26-27H2,1-3H3,(H,29,30)(H,31,34)/b28-13+. The summed E-state index contributed by atoms with van der Waals surface area (Å²) in [6.45, 7) is 4.44. The molecule has 0 aliphatic heterocycles. The highest BCUT2D eigenvalue weighted by Gasteiger charge is 2.19. The Morgan fingerprint density at radius 3 is 2.22 bits per heavy atom. The van der Waals surface area contributed by atoms with Crippen LogP contribution in [0.25, 0.3) is 5.69 Å². The quantitative estimate of drug-likeness (QED) is 0.0891. The van der Waals surface area contributed by atoms with Gasteiger partial charge in [0.1, 0.15) is 0 Å². The Bertz CT molecular complexity index is 1340. The topological polar surface area (TPSA) is 175 Å². The first-order chi connectivity index (χ1) is 17.7. The number of hydrazine groups is 1. The number of esters is 2. The largest absolute Gasteiger partial charge is 0.428 e.